The highest BCUT2D eigenvalue weighted by atomic mass is 32.1. The van der Waals surface area contributed by atoms with Crippen molar-refractivity contribution in [1.29, 1.82) is 0 Å². The van der Waals surface area contributed by atoms with Crippen LogP contribution >= 0.6 is 11.3 Å². The molecule has 1 aromatic heterocycles. The van der Waals surface area contributed by atoms with Crippen molar-refractivity contribution in [3.8, 4) is 0 Å². The Labute approximate surface area is 187 Å². The van der Waals surface area contributed by atoms with Crippen LogP contribution in [0.2, 0.25) is 0 Å². The number of likely N-dealkylation sites (N-methyl/N-ethyl adjacent to an activating group) is 1. The minimum Gasteiger partial charge on any atom is -0.366 e. The van der Waals surface area contributed by atoms with Crippen LogP contribution in [0.15, 0.2) is 71.4 Å². The third-order valence-electron chi connectivity index (χ3n) is 5.09. The summed E-state index contributed by atoms with van der Waals surface area (Å²) in [6.07, 6.45) is 0. The molecule has 1 heterocycles. The summed E-state index contributed by atoms with van der Waals surface area (Å²) in [4.78, 5) is 28.6. The van der Waals surface area contributed by atoms with Crippen LogP contribution in [0, 0.1) is 0 Å². The first-order valence-electron chi connectivity index (χ1n) is 10.1. The van der Waals surface area contributed by atoms with Gasteiger partial charge < -0.3 is 20.9 Å². The quantitative estimate of drug-likeness (QED) is 0.535. The molecule has 0 fully saturated rings. The standard InChI is InChI=1S/C24H28N4O2S/c1-27(2)22(21-11-12-31-17-21)14-26-24(30)28(15-18-7-4-3-5-8-18)16-19-9-6-10-20(13-19)23(25)29/h3-13,17,22H,14-16H2,1-2H3,(H2,25,29)(H,26,30). The third kappa shape index (κ3) is 6.41. The van der Waals surface area contributed by atoms with Gasteiger partial charge in [-0.3, -0.25) is 4.79 Å². The average Bonchev–Trinajstić information content (AvgIpc) is 3.28. The number of benzene rings is 2. The lowest BCUT2D eigenvalue weighted by Gasteiger charge is -2.27. The molecule has 3 N–H and O–H groups in total. The van der Waals surface area contributed by atoms with E-state index >= 15 is 0 Å². The molecular formula is C24H28N4O2S. The average molecular weight is 437 g/mol. The number of nitrogens with zero attached hydrogens (tertiary/aromatic N) is 2. The van der Waals surface area contributed by atoms with Gasteiger partial charge in [-0.15, -0.1) is 0 Å². The molecular weight excluding hydrogens is 408 g/mol. The van der Waals surface area contributed by atoms with E-state index in [1.54, 1.807) is 34.4 Å². The Bertz CT molecular complexity index is 990. The van der Waals surface area contributed by atoms with E-state index in [2.05, 4.69) is 21.7 Å². The Morgan fingerprint density at radius 2 is 1.71 bits per heavy atom. The van der Waals surface area contributed by atoms with Crippen LogP contribution in [0.4, 0.5) is 4.79 Å². The highest BCUT2D eigenvalue weighted by molar-refractivity contribution is 7.07. The number of thiophene rings is 1. The number of hydrogen-bond donors (Lipinski definition) is 2. The van der Waals surface area contributed by atoms with Gasteiger partial charge in [0.25, 0.3) is 0 Å². The second-order valence-corrected chi connectivity index (χ2v) is 8.41. The summed E-state index contributed by atoms with van der Waals surface area (Å²) in [5.74, 6) is -0.481. The molecule has 0 aliphatic rings. The van der Waals surface area contributed by atoms with Crippen LogP contribution in [-0.2, 0) is 13.1 Å². The zero-order chi connectivity index (χ0) is 22.2. The zero-order valence-corrected chi connectivity index (χ0v) is 18.6. The van der Waals surface area contributed by atoms with E-state index in [9.17, 15) is 9.59 Å². The largest absolute Gasteiger partial charge is 0.366 e. The molecule has 1 atom stereocenters. The summed E-state index contributed by atoms with van der Waals surface area (Å²) >= 11 is 1.65. The lowest BCUT2D eigenvalue weighted by atomic mass is 10.1. The van der Waals surface area contributed by atoms with Crippen LogP contribution in [0.25, 0.3) is 0 Å². The highest BCUT2D eigenvalue weighted by Crippen LogP contribution is 2.20. The van der Waals surface area contributed by atoms with Crippen molar-refractivity contribution in [2.45, 2.75) is 19.1 Å². The first-order valence-corrected chi connectivity index (χ1v) is 11.0. The van der Waals surface area contributed by atoms with E-state index in [1.807, 2.05) is 55.9 Å². The third-order valence-corrected chi connectivity index (χ3v) is 5.79. The van der Waals surface area contributed by atoms with Crippen molar-refractivity contribution in [2.24, 2.45) is 5.73 Å². The second-order valence-electron chi connectivity index (χ2n) is 7.63. The summed E-state index contributed by atoms with van der Waals surface area (Å²) in [6.45, 7) is 1.32. The summed E-state index contributed by atoms with van der Waals surface area (Å²) in [6, 6.07) is 19.0. The lowest BCUT2D eigenvalue weighted by molar-refractivity contribution is 0.1000. The molecule has 3 aromatic rings. The van der Waals surface area contributed by atoms with Gasteiger partial charge in [0.05, 0.1) is 6.04 Å². The number of urea groups is 1. The molecule has 2 aromatic carbocycles. The number of nitrogens with two attached hydrogens (primary N) is 1. The molecule has 0 aliphatic carbocycles. The zero-order valence-electron chi connectivity index (χ0n) is 17.8. The normalized spacial score (nSPS) is 11.8. The van der Waals surface area contributed by atoms with Crippen molar-refractivity contribution < 1.29 is 9.59 Å². The number of primary amides is 1. The minimum atomic E-state index is -0.481. The fourth-order valence-electron chi connectivity index (χ4n) is 3.41. The van der Waals surface area contributed by atoms with E-state index in [-0.39, 0.29) is 12.1 Å². The Hall–Kier alpha value is -3.16. The maximum Gasteiger partial charge on any atom is 0.318 e. The Morgan fingerprint density at radius 1 is 1.00 bits per heavy atom. The van der Waals surface area contributed by atoms with Crippen LogP contribution in [0.1, 0.15) is 33.1 Å². The summed E-state index contributed by atoms with van der Waals surface area (Å²) in [5.41, 5.74) is 8.91. The van der Waals surface area contributed by atoms with E-state index < -0.39 is 5.91 Å². The second kappa shape index (κ2) is 10.7. The van der Waals surface area contributed by atoms with E-state index in [1.165, 1.54) is 5.56 Å². The lowest BCUT2D eigenvalue weighted by Crippen LogP contribution is -2.42. The molecule has 0 spiro atoms. The van der Waals surface area contributed by atoms with Gasteiger partial charge in [-0.25, -0.2) is 4.79 Å². The van der Waals surface area contributed by atoms with E-state index in [4.69, 9.17) is 5.73 Å². The number of rotatable bonds is 9. The monoisotopic (exact) mass is 436 g/mol. The molecule has 162 valence electrons. The van der Waals surface area contributed by atoms with Gasteiger partial charge in [0.15, 0.2) is 0 Å². The molecule has 6 nitrogen and oxygen atoms in total. The fourth-order valence-corrected chi connectivity index (χ4v) is 4.11. The number of nitrogens with one attached hydrogen (secondary N) is 1. The number of amides is 3. The van der Waals surface area contributed by atoms with Crippen molar-refractivity contribution in [3.63, 3.8) is 0 Å². The van der Waals surface area contributed by atoms with Crippen molar-refractivity contribution in [3.05, 3.63) is 93.7 Å². The summed E-state index contributed by atoms with van der Waals surface area (Å²) in [7, 11) is 4.01. The first-order chi connectivity index (χ1) is 14.9. The molecule has 3 amide bonds. The van der Waals surface area contributed by atoms with Crippen molar-refractivity contribution in [1.82, 2.24) is 15.1 Å². The maximum absolute atomic E-state index is 13.2. The van der Waals surface area contributed by atoms with Crippen LogP contribution in [0.3, 0.4) is 0 Å². The van der Waals surface area contributed by atoms with Gasteiger partial charge in [-0.2, -0.15) is 11.3 Å². The van der Waals surface area contributed by atoms with Gasteiger partial charge >= 0.3 is 6.03 Å². The van der Waals surface area contributed by atoms with Gasteiger partial charge in [-0.05, 0) is 59.7 Å². The Kier molecular flexibility index (Phi) is 7.81. The van der Waals surface area contributed by atoms with Crippen molar-refractivity contribution >= 4 is 23.3 Å². The highest BCUT2D eigenvalue weighted by Gasteiger charge is 2.19. The Balaban J connectivity index is 1.75. The van der Waals surface area contributed by atoms with Gasteiger partial charge in [0.1, 0.15) is 0 Å². The predicted octanol–water partition coefficient (Wildman–Crippen LogP) is 3.86. The molecule has 3 rings (SSSR count). The number of hydrogen-bond acceptors (Lipinski definition) is 4. The molecule has 7 heteroatoms. The maximum atomic E-state index is 13.2. The van der Waals surface area contributed by atoms with E-state index in [0.29, 0.717) is 25.2 Å². The predicted molar refractivity (Wildman–Crippen MR) is 125 cm³/mol. The molecule has 0 saturated carbocycles. The minimum absolute atomic E-state index is 0.0898. The van der Waals surface area contributed by atoms with E-state index in [0.717, 1.165) is 11.1 Å². The topological polar surface area (TPSA) is 78.7 Å². The summed E-state index contributed by atoms with van der Waals surface area (Å²) < 4.78 is 0. The van der Waals surface area contributed by atoms with Crippen LogP contribution in [0.5, 0.6) is 0 Å². The smallest absolute Gasteiger partial charge is 0.318 e. The van der Waals surface area contributed by atoms with Gasteiger partial charge in [0.2, 0.25) is 5.91 Å². The fraction of sp³-hybridized carbons (Fsp3) is 0.250. The number of carbonyl (C=O) groups excluding carboxylic acids is 2. The molecule has 0 saturated heterocycles. The molecule has 0 bridgehead atoms. The molecule has 0 aliphatic heterocycles. The van der Waals surface area contributed by atoms with Crippen LogP contribution < -0.4 is 11.1 Å². The van der Waals surface area contributed by atoms with Crippen molar-refractivity contribution in [2.75, 3.05) is 20.6 Å². The molecule has 0 radical (unpaired) electrons. The SMILES string of the molecule is CN(C)C(CNC(=O)N(Cc1ccccc1)Cc1cccc(C(N)=O)c1)c1ccsc1. The van der Waals surface area contributed by atoms with Gasteiger partial charge in [0, 0.05) is 25.2 Å². The first kappa shape index (κ1) is 22.5. The number of carbonyl (C=O) groups is 2. The summed E-state index contributed by atoms with van der Waals surface area (Å²) in [5, 5.41) is 7.24. The molecule has 1 unspecified atom stereocenters. The Morgan fingerprint density at radius 3 is 2.35 bits per heavy atom. The molecule has 31 heavy (non-hydrogen) atoms. The van der Waals surface area contributed by atoms with Crippen LogP contribution in [-0.4, -0.2) is 42.4 Å². The van der Waals surface area contributed by atoms with Gasteiger partial charge in [-0.1, -0.05) is 42.5 Å².